The monoisotopic (exact) mass is 283 g/mol. The minimum Gasteiger partial charge on any atom is -0.450 e. The minimum absolute atomic E-state index is 0.186. The number of amides is 1. The van der Waals surface area contributed by atoms with Crippen molar-refractivity contribution in [2.45, 2.75) is 38.8 Å². The number of hydrogen-bond acceptors (Lipinski definition) is 5. The van der Waals surface area contributed by atoms with E-state index < -0.39 is 0 Å². The number of ether oxygens (including phenoxy) is 1. The van der Waals surface area contributed by atoms with Gasteiger partial charge in [0.05, 0.1) is 12.6 Å². The third-order valence-corrected chi connectivity index (χ3v) is 4.29. The number of hydrogen-bond donors (Lipinski definition) is 1. The number of rotatable bonds is 4. The molecule has 0 bridgehead atoms. The molecule has 0 aromatic carbocycles. The Bertz CT molecular complexity index is 389. The number of thiazole rings is 1. The van der Waals surface area contributed by atoms with E-state index in [0.717, 1.165) is 30.9 Å². The molecule has 1 amide bonds. The van der Waals surface area contributed by atoms with Crippen LogP contribution in [0.25, 0.3) is 0 Å². The van der Waals surface area contributed by atoms with Gasteiger partial charge in [-0.15, -0.1) is 11.3 Å². The summed E-state index contributed by atoms with van der Waals surface area (Å²) in [5.41, 5.74) is 0. The summed E-state index contributed by atoms with van der Waals surface area (Å²) in [6.07, 6.45) is 3.58. The maximum absolute atomic E-state index is 11.6. The molecule has 1 aliphatic rings. The van der Waals surface area contributed by atoms with Crippen molar-refractivity contribution in [3.63, 3.8) is 0 Å². The van der Waals surface area contributed by atoms with E-state index in [1.165, 1.54) is 0 Å². The lowest BCUT2D eigenvalue weighted by atomic mass is 10.0. The molecule has 0 aliphatic carbocycles. The van der Waals surface area contributed by atoms with Crippen LogP contribution in [0.2, 0.25) is 0 Å². The van der Waals surface area contributed by atoms with Crippen LogP contribution < -0.4 is 5.32 Å². The van der Waals surface area contributed by atoms with Gasteiger partial charge in [-0.3, -0.25) is 0 Å². The summed E-state index contributed by atoms with van der Waals surface area (Å²) >= 11 is 1.67. The third-order valence-electron chi connectivity index (χ3n) is 3.33. The first kappa shape index (κ1) is 14.3. The Labute approximate surface area is 118 Å². The molecular formula is C13H21N3O2S. The summed E-state index contributed by atoms with van der Waals surface area (Å²) in [5.74, 6) is 0. The smallest absolute Gasteiger partial charge is 0.409 e. The fourth-order valence-electron chi connectivity index (χ4n) is 2.32. The predicted molar refractivity (Wildman–Crippen MR) is 75.3 cm³/mol. The van der Waals surface area contributed by atoms with E-state index in [9.17, 15) is 4.79 Å². The van der Waals surface area contributed by atoms with Crippen LogP contribution in [0.3, 0.4) is 0 Å². The average molecular weight is 283 g/mol. The second-order valence-electron chi connectivity index (χ2n) is 4.72. The van der Waals surface area contributed by atoms with Crippen LogP contribution in [0.5, 0.6) is 0 Å². The molecule has 0 spiro atoms. The molecule has 1 N–H and O–H groups in total. The van der Waals surface area contributed by atoms with E-state index in [2.05, 4.69) is 17.2 Å². The van der Waals surface area contributed by atoms with Crippen molar-refractivity contribution in [2.24, 2.45) is 0 Å². The van der Waals surface area contributed by atoms with Gasteiger partial charge in [0.2, 0.25) is 0 Å². The average Bonchev–Trinajstić information content (AvgIpc) is 2.94. The third kappa shape index (κ3) is 3.91. The van der Waals surface area contributed by atoms with E-state index in [4.69, 9.17) is 4.74 Å². The van der Waals surface area contributed by atoms with E-state index in [0.29, 0.717) is 12.6 Å². The fraction of sp³-hybridized carbons (Fsp3) is 0.692. The largest absolute Gasteiger partial charge is 0.450 e. The molecule has 1 aliphatic heterocycles. The summed E-state index contributed by atoms with van der Waals surface area (Å²) in [5, 5.41) is 6.70. The molecule has 0 saturated carbocycles. The second-order valence-corrected chi connectivity index (χ2v) is 5.65. The van der Waals surface area contributed by atoms with Crippen molar-refractivity contribution < 1.29 is 9.53 Å². The molecule has 106 valence electrons. The summed E-state index contributed by atoms with van der Waals surface area (Å²) in [7, 11) is 0. The molecule has 1 atom stereocenters. The Hall–Kier alpha value is -1.14. The minimum atomic E-state index is -0.186. The molecular weight excluding hydrogens is 262 g/mol. The van der Waals surface area contributed by atoms with Gasteiger partial charge in [0.25, 0.3) is 0 Å². The van der Waals surface area contributed by atoms with Gasteiger partial charge in [-0.05, 0) is 26.7 Å². The quantitative estimate of drug-likeness (QED) is 0.922. The molecule has 19 heavy (non-hydrogen) atoms. The van der Waals surface area contributed by atoms with E-state index in [1.54, 1.807) is 16.2 Å². The lowest BCUT2D eigenvalue weighted by Gasteiger charge is -2.32. The van der Waals surface area contributed by atoms with E-state index in [1.807, 2.05) is 18.5 Å². The molecule has 2 rings (SSSR count). The molecule has 1 unspecified atom stereocenters. The lowest BCUT2D eigenvalue weighted by molar-refractivity contribution is 0.0943. The van der Waals surface area contributed by atoms with Crippen molar-refractivity contribution in [1.29, 1.82) is 0 Å². The van der Waals surface area contributed by atoms with Crippen molar-refractivity contribution >= 4 is 17.4 Å². The van der Waals surface area contributed by atoms with Crippen LogP contribution >= 0.6 is 11.3 Å². The molecule has 2 heterocycles. The normalized spacial score (nSPS) is 18.3. The predicted octanol–water partition coefficient (Wildman–Crippen LogP) is 2.41. The van der Waals surface area contributed by atoms with Gasteiger partial charge < -0.3 is 15.0 Å². The van der Waals surface area contributed by atoms with Gasteiger partial charge in [0.15, 0.2) is 0 Å². The Morgan fingerprint density at radius 3 is 2.95 bits per heavy atom. The van der Waals surface area contributed by atoms with Crippen molar-refractivity contribution in [3.05, 3.63) is 16.6 Å². The topological polar surface area (TPSA) is 54.5 Å². The number of aromatic nitrogens is 1. The molecule has 1 aromatic rings. The van der Waals surface area contributed by atoms with Gasteiger partial charge in [-0.2, -0.15) is 0 Å². The van der Waals surface area contributed by atoms with Crippen LogP contribution in [0.4, 0.5) is 4.79 Å². The highest BCUT2D eigenvalue weighted by Gasteiger charge is 2.24. The van der Waals surface area contributed by atoms with Gasteiger partial charge in [0.1, 0.15) is 5.01 Å². The standard InChI is InChI=1S/C13H21N3O2S/c1-3-18-13(17)16-7-4-11(5-8-16)15-10(2)12-14-6-9-19-12/h6,9-11,15H,3-5,7-8H2,1-2H3. The highest BCUT2D eigenvalue weighted by atomic mass is 32.1. The van der Waals surface area contributed by atoms with Crippen LogP contribution in [0, 0.1) is 0 Å². The zero-order valence-electron chi connectivity index (χ0n) is 11.5. The molecule has 5 nitrogen and oxygen atoms in total. The number of nitrogens with zero attached hydrogens (tertiary/aromatic N) is 2. The second kappa shape index (κ2) is 6.86. The Kier molecular flexibility index (Phi) is 5.15. The maximum atomic E-state index is 11.6. The molecule has 1 aromatic heterocycles. The number of carbonyl (C=O) groups excluding carboxylic acids is 1. The summed E-state index contributed by atoms with van der Waals surface area (Å²) in [6, 6.07) is 0.726. The van der Waals surface area contributed by atoms with Crippen molar-refractivity contribution in [2.75, 3.05) is 19.7 Å². The van der Waals surface area contributed by atoms with Gasteiger partial charge in [-0.25, -0.2) is 9.78 Å². The Balaban J connectivity index is 1.76. The molecule has 0 radical (unpaired) electrons. The highest BCUT2D eigenvalue weighted by Crippen LogP contribution is 2.19. The highest BCUT2D eigenvalue weighted by molar-refractivity contribution is 7.09. The van der Waals surface area contributed by atoms with Gasteiger partial charge >= 0.3 is 6.09 Å². The fourth-order valence-corrected chi connectivity index (χ4v) is 2.97. The first-order chi connectivity index (χ1) is 9.20. The molecule has 6 heteroatoms. The summed E-state index contributed by atoms with van der Waals surface area (Å²) in [4.78, 5) is 17.7. The van der Waals surface area contributed by atoms with Gasteiger partial charge in [-0.1, -0.05) is 0 Å². The molecule has 1 saturated heterocycles. The SMILES string of the molecule is CCOC(=O)N1CCC(NC(C)c2nccs2)CC1. The van der Waals surface area contributed by atoms with Crippen LogP contribution in [-0.2, 0) is 4.74 Å². The van der Waals surface area contributed by atoms with E-state index >= 15 is 0 Å². The van der Waals surface area contributed by atoms with Crippen molar-refractivity contribution in [1.82, 2.24) is 15.2 Å². The van der Waals surface area contributed by atoms with Crippen LogP contribution in [0.1, 0.15) is 37.7 Å². The van der Waals surface area contributed by atoms with Crippen LogP contribution in [0.15, 0.2) is 11.6 Å². The maximum Gasteiger partial charge on any atom is 0.409 e. The zero-order chi connectivity index (χ0) is 13.7. The van der Waals surface area contributed by atoms with Gasteiger partial charge in [0, 0.05) is 30.7 Å². The summed E-state index contributed by atoms with van der Waals surface area (Å²) < 4.78 is 5.01. The first-order valence-corrected chi connectivity index (χ1v) is 7.65. The van der Waals surface area contributed by atoms with Crippen LogP contribution in [-0.4, -0.2) is 41.7 Å². The molecule has 1 fully saturated rings. The first-order valence-electron chi connectivity index (χ1n) is 6.77. The van der Waals surface area contributed by atoms with Crippen molar-refractivity contribution in [3.8, 4) is 0 Å². The van der Waals surface area contributed by atoms with E-state index in [-0.39, 0.29) is 12.1 Å². The number of piperidine rings is 1. The number of carbonyl (C=O) groups is 1. The number of likely N-dealkylation sites (tertiary alicyclic amines) is 1. The summed E-state index contributed by atoms with van der Waals surface area (Å²) in [6.45, 7) is 5.94. The lowest BCUT2D eigenvalue weighted by Crippen LogP contribution is -2.45. The number of nitrogens with one attached hydrogen (secondary N) is 1. The Morgan fingerprint density at radius 2 is 2.37 bits per heavy atom. The Morgan fingerprint density at radius 1 is 1.63 bits per heavy atom. The zero-order valence-corrected chi connectivity index (χ0v) is 12.3.